The van der Waals surface area contributed by atoms with Crippen molar-refractivity contribution in [1.82, 2.24) is 0 Å². The van der Waals surface area contributed by atoms with Gasteiger partial charge in [-0.05, 0) is 63.6 Å². The van der Waals surface area contributed by atoms with Crippen molar-refractivity contribution >= 4 is 23.5 Å². The largest absolute Gasteiger partial charge is 0.0894 e. The summed E-state index contributed by atoms with van der Waals surface area (Å²) in [6.45, 7) is 0. The molecule has 0 saturated heterocycles. The second-order valence-corrected chi connectivity index (χ2v) is 12.5. The van der Waals surface area contributed by atoms with Gasteiger partial charge in [-0.2, -0.15) is 0 Å². The molecule has 0 N–H and O–H groups in total. The Morgan fingerprint density at radius 1 is 0.538 bits per heavy atom. The van der Waals surface area contributed by atoms with Crippen LogP contribution in [0.25, 0.3) is 11.1 Å². The minimum atomic E-state index is -0.367. The van der Waals surface area contributed by atoms with Gasteiger partial charge in [-0.15, -0.1) is 0 Å². The molecule has 1 spiro atoms. The highest BCUT2D eigenvalue weighted by molar-refractivity contribution is 8.00. The lowest BCUT2D eigenvalue weighted by atomic mass is 9.64. The minimum absolute atomic E-state index is 0.367. The van der Waals surface area contributed by atoms with Crippen LogP contribution in [0, 0.1) is 0 Å². The molecular formula is C37H26S2. The third-order valence-corrected chi connectivity index (χ3v) is 10.7. The van der Waals surface area contributed by atoms with Crippen molar-refractivity contribution < 1.29 is 0 Å². The monoisotopic (exact) mass is 534 g/mol. The van der Waals surface area contributed by atoms with E-state index in [4.69, 9.17) is 0 Å². The van der Waals surface area contributed by atoms with Gasteiger partial charge in [-0.25, -0.2) is 0 Å². The van der Waals surface area contributed by atoms with Crippen LogP contribution in [-0.2, 0) is 5.41 Å². The SMILES string of the molecule is C1=CCC(c2cccc3c2Sc2ccccc2C32c3ccccc3Sc3cc(-c4ccccc4)ccc32)C=C1. The number of fused-ring (bicyclic) bond motifs is 8. The molecule has 0 radical (unpaired) electrons. The molecule has 0 fully saturated rings. The molecule has 2 atom stereocenters. The predicted octanol–water partition coefficient (Wildman–Crippen LogP) is 10.3. The quantitative estimate of drug-likeness (QED) is 0.216. The zero-order valence-electron chi connectivity index (χ0n) is 21.4. The molecule has 5 aromatic rings. The van der Waals surface area contributed by atoms with Crippen molar-refractivity contribution in [3.05, 3.63) is 167 Å². The normalized spacial score (nSPS) is 20.2. The lowest BCUT2D eigenvalue weighted by Crippen LogP contribution is -2.37. The lowest BCUT2D eigenvalue weighted by molar-refractivity contribution is 0.659. The summed E-state index contributed by atoms with van der Waals surface area (Å²) in [6, 6.07) is 43.1. The molecule has 8 rings (SSSR count). The van der Waals surface area contributed by atoms with Gasteiger partial charge in [-0.1, -0.05) is 145 Å². The lowest BCUT2D eigenvalue weighted by Gasteiger charge is -2.46. The van der Waals surface area contributed by atoms with Gasteiger partial charge in [0.25, 0.3) is 0 Å². The summed E-state index contributed by atoms with van der Waals surface area (Å²) in [6.07, 6.45) is 10.1. The fourth-order valence-corrected chi connectivity index (χ4v) is 9.22. The molecule has 186 valence electrons. The van der Waals surface area contributed by atoms with Gasteiger partial charge in [-0.3, -0.25) is 0 Å². The van der Waals surface area contributed by atoms with E-state index in [-0.39, 0.29) is 5.41 Å². The van der Waals surface area contributed by atoms with E-state index in [2.05, 4.69) is 140 Å². The summed E-state index contributed by atoms with van der Waals surface area (Å²) >= 11 is 3.87. The summed E-state index contributed by atoms with van der Waals surface area (Å²) in [5.41, 5.74) is 9.17. The smallest absolute Gasteiger partial charge is 0.0745 e. The first kappa shape index (κ1) is 23.2. The maximum atomic E-state index is 2.41. The predicted molar refractivity (Wildman–Crippen MR) is 164 cm³/mol. The number of rotatable bonds is 2. The average molecular weight is 535 g/mol. The zero-order valence-corrected chi connectivity index (χ0v) is 23.0. The molecule has 2 aliphatic heterocycles. The van der Waals surface area contributed by atoms with Crippen LogP contribution in [0.3, 0.4) is 0 Å². The summed E-state index contributed by atoms with van der Waals surface area (Å²) in [5.74, 6) is 0.396. The Labute approximate surface area is 238 Å². The van der Waals surface area contributed by atoms with Crippen LogP contribution >= 0.6 is 23.5 Å². The molecule has 5 aromatic carbocycles. The van der Waals surface area contributed by atoms with E-state index >= 15 is 0 Å². The minimum Gasteiger partial charge on any atom is -0.0894 e. The molecular weight excluding hydrogens is 509 g/mol. The number of benzene rings is 5. The van der Waals surface area contributed by atoms with Crippen molar-refractivity contribution in [1.29, 1.82) is 0 Å². The molecule has 2 heterocycles. The van der Waals surface area contributed by atoms with Gasteiger partial charge in [0.1, 0.15) is 0 Å². The third-order valence-electron chi connectivity index (χ3n) is 8.34. The van der Waals surface area contributed by atoms with Gasteiger partial charge in [0.15, 0.2) is 0 Å². The summed E-state index contributed by atoms with van der Waals surface area (Å²) < 4.78 is 0. The summed E-state index contributed by atoms with van der Waals surface area (Å²) in [7, 11) is 0. The summed E-state index contributed by atoms with van der Waals surface area (Å²) in [4.78, 5) is 5.45. The number of hydrogen-bond acceptors (Lipinski definition) is 2. The highest BCUT2D eigenvalue weighted by atomic mass is 32.2. The third kappa shape index (κ3) is 3.48. The van der Waals surface area contributed by atoms with Crippen molar-refractivity contribution in [3.8, 4) is 11.1 Å². The Morgan fingerprint density at radius 3 is 2.00 bits per heavy atom. The highest BCUT2D eigenvalue weighted by Gasteiger charge is 2.49. The highest BCUT2D eigenvalue weighted by Crippen LogP contribution is 2.62. The van der Waals surface area contributed by atoms with Gasteiger partial charge in [0.05, 0.1) is 5.41 Å². The van der Waals surface area contributed by atoms with Crippen LogP contribution < -0.4 is 0 Å². The van der Waals surface area contributed by atoms with Crippen molar-refractivity contribution in [2.45, 2.75) is 37.3 Å². The number of allylic oxidation sites excluding steroid dienone is 4. The van der Waals surface area contributed by atoms with Crippen LogP contribution in [0.5, 0.6) is 0 Å². The van der Waals surface area contributed by atoms with E-state index < -0.39 is 0 Å². The van der Waals surface area contributed by atoms with E-state index in [9.17, 15) is 0 Å². The van der Waals surface area contributed by atoms with Gasteiger partial charge < -0.3 is 0 Å². The van der Waals surface area contributed by atoms with Crippen LogP contribution in [0.15, 0.2) is 159 Å². The van der Waals surface area contributed by atoms with Crippen molar-refractivity contribution in [2.75, 3.05) is 0 Å². The maximum Gasteiger partial charge on any atom is 0.0745 e. The van der Waals surface area contributed by atoms with Crippen LogP contribution in [-0.4, -0.2) is 0 Å². The molecule has 0 bridgehead atoms. The van der Waals surface area contributed by atoms with E-state index in [0.29, 0.717) is 5.92 Å². The Hall–Kier alpha value is -3.72. The Bertz CT molecular complexity index is 1780. The van der Waals surface area contributed by atoms with Gasteiger partial charge in [0.2, 0.25) is 0 Å². The van der Waals surface area contributed by atoms with Gasteiger partial charge >= 0.3 is 0 Å². The van der Waals surface area contributed by atoms with Crippen LogP contribution in [0.1, 0.15) is 40.2 Å². The first-order valence-corrected chi connectivity index (χ1v) is 15.2. The molecule has 39 heavy (non-hydrogen) atoms. The second-order valence-electron chi connectivity index (χ2n) is 10.4. The fourth-order valence-electron chi connectivity index (χ4n) is 6.62. The molecule has 0 amide bonds. The molecule has 2 unspecified atom stereocenters. The standard InChI is InChI=1S/C37H26S2/c1-3-12-25(13-4-1)27-22-23-31-35(24-27)38-33-20-9-7-17-29(33)37(31)30-18-8-10-21-34(30)39-36-28(16-11-19-32(36)37)26-14-5-2-6-15-26/h1-14,16-24,26H,15H2. The molecule has 2 heteroatoms. The second kappa shape index (κ2) is 9.19. The summed E-state index contributed by atoms with van der Waals surface area (Å²) in [5, 5.41) is 0. The maximum absolute atomic E-state index is 2.41. The van der Waals surface area contributed by atoms with E-state index in [0.717, 1.165) is 6.42 Å². The van der Waals surface area contributed by atoms with E-state index in [1.165, 1.54) is 58.5 Å². The Morgan fingerprint density at radius 2 is 1.23 bits per heavy atom. The molecule has 0 nitrogen and oxygen atoms in total. The van der Waals surface area contributed by atoms with E-state index in [1.807, 2.05) is 23.5 Å². The number of hydrogen-bond donors (Lipinski definition) is 0. The fraction of sp³-hybridized carbons (Fsp3) is 0.0811. The molecule has 1 aliphatic carbocycles. The van der Waals surface area contributed by atoms with Crippen LogP contribution in [0.4, 0.5) is 0 Å². The van der Waals surface area contributed by atoms with Gasteiger partial charge in [0, 0.05) is 25.5 Å². The van der Waals surface area contributed by atoms with E-state index in [1.54, 1.807) is 0 Å². The van der Waals surface area contributed by atoms with Crippen LogP contribution in [0.2, 0.25) is 0 Å². The van der Waals surface area contributed by atoms with Crippen molar-refractivity contribution in [2.24, 2.45) is 0 Å². The first-order chi connectivity index (χ1) is 19.3. The average Bonchev–Trinajstić information content (AvgIpc) is 3.01. The molecule has 0 saturated carbocycles. The Kier molecular flexibility index (Phi) is 5.46. The molecule has 0 aromatic heterocycles. The topological polar surface area (TPSA) is 0 Å². The Balaban J connectivity index is 1.46. The zero-order chi connectivity index (χ0) is 25.8. The molecule has 3 aliphatic rings. The first-order valence-electron chi connectivity index (χ1n) is 13.6. The van der Waals surface area contributed by atoms with Crippen molar-refractivity contribution in [3.63, 3.8) is 0 Å².